The van der Waals surface area contributed by atoms with Crippen LogP contribution < -0.4 is 0 Å². The zero-order valence-electron chi connectivity index (χ0n) is 31.8. The third kappa shape index (κ3) is 38.5. The number of carbonyl (C=O) groups excluding carboxylic acids is 1. The molecule has 0 aromatic rings. The van der Waals surface area contributed by atoms with Gasteiger partial charge < -0.3 is 61.6 Å². The summed E-state index contributed by atoms with van der Waals surface area (Å²) in [6.07, 6.45) is 12.0. The fraction of sp³-hybridized carbons (Fsp3) is 0.973. The molecule has 1 heterocycles. The zero-order valence-corrected chi connectivity index (χ0v) is 31.8. The molecular weight excluding hydrogens is 668 g/mol. The van der Waals surface area contributed by atoms with Crippen LogP contribution in [0.2, 0.25) is 0 Å². The van der Waals surface area contributed by atoms with E-state index in [2.05, 4.69) is 6.92 Å². The first kappa shape index (κ1) is 48.0. The Bertz CT molecular complexity index is 684. The predicted molar refractivity (Wildman–Crippen MR) is 191 cm³/mol. The van der Waals surface area contributed by atoms with Gasteiger partial charge in [0.25, 0.3) is 0 Å². The molecule has 1 saturated heterocycles. The van der Waals surface area contributed by atoms with E-state index in [0.29, 0.717) is 145 Å². The van der Waals surface area contributed by atoms with Crippen LogP contribution in [0.15, 0.2) is 0 Å². The monoisotopic (exact) mass is 740 g/mol. The summed E-state index contributed by atoms with van der Waals surface area (Å²) in [4.78, 5) is 11.7. The third-order valence-electron chi connectivity index (χ3n) is 7.49. The molecule has 14 heteroatoms. The average molecular weight is 741 g/mol. The maximum absolute atomic E-state index is 11.7. The highest BCUT2D eigenvalue weighted by Crippen LogP contribution is 2.13. The van der Waals surface area contributed by atoms with Gasteiger partial charge in [-0.05, 0) is 25.7 Å². The van der Waals surface area contributed by atoms with Crippen LogP contribution in [0.4, 0.5) is 0 Å². The first-order chi connectivity index (χ1) is 25.3. The van der Waals surface area contributed by atoms with Gasteiger partial charge in [0.1, 0.15) is 6.61 Å². The molecule has 0 bridgehead atoms. The normalized spacial score (nSPS) is 14.7. The van der Waals surface area contributed by atoms with Crippen molar-refractivity contribution in [2.45, 2.75) is 83.8 Å². The highest BCUT2D eigenvalue weighted by molar-refractivity contribution is 5.69. The predicted octanol–water partition coefficient (Wildman–Crippen LogP) is 4.38. The molecule has 0 aromatic heterocycles. The Hall–Kier alpha value is -1.01. The summed E-state index contributed by atoms with van der Waals surface area (Å²) in [5, 5.41) is 0. The number of hydrogen-bond acceptors (Lipinski definition) is 14. The second kappa shape index (κ2) is 41.7. The summed E-state index contributed by atoms with van der Waals surface area (Å²) in [6, 6.07) is 0. The Labute approximate surface area is 308 Å². The number of unbranched alkanes of at least 4 members (excludes halogenated alkanes) is 6. The summed E-state index contributed by atoms with van der Waals surface area (Å²) >= 11 is 0. The first-order valence-electron chi connectivity index (χ1n) is 19.5. The van der Waals surface area contributed by atoms with E-state index >= 15 is 0 Å². The van der Waals surface area contributed by atoms with Crippen molar-refractivity contribution in [2.24, 2.45) is 0 Å². The van der Waals surface area contributed by atoms with Crippen molar-refractivity contribution in [1.29, 1.82) is 0 Å². The molecule has 1 unspecified atom stereocenters. The topological polar surface area (TPSA) is 137 Å². The minimum Gasteiger partial charge on any atom is -0.463 e. The molecule has 1 atom stereocenters. The molecule has 0 radical (unpaired) electrons. The van der Waals surface area contributed by atoms with Crippen molar-refractivity contribution in [3.8, 4) is 0 Å². The van der Waals surface area contributed by atoms with Crippen LogP contribution in [-0.2, 0) is 66.4 Å². The summed E-state index contributed by atoms with van der Waals surface area (Å²) < 4.78 is 71.1. The van der Waals surface area contributed by atoms with Crippen LogP contribution >= 0.6 is 0 Å². The van der Waals surface area contributed by atoms with E-state index in [1.165, 1.54) is 32.1 Å². The summed E-state index contributed by atoms with van der Waals surface area (Å²) in [7, 11) is 0. The summed E-state index contributed by atoms with van der Waals surface area (Å²) in [6.45, 7) is 13.8. The highest BCUT2D eigenvalue weighted by atomic mass is 16.7. The molecule has 0 aliphatic carbocycles. The van der Waals surface area contributed by atoms with Crippen LogP contribution in [0.5, 0.6) is 0 Å². The van der Waals surface area contributed by atoms with Gasteiger partial charge in [0.15, 0.2) is 6.29 Å². The van der Waals surface area contributed by atoms with Gasteiger partial charge in [-0.25, -0.2) is 0 Å². The molecule has 0 spiro atoms. The Morgan fingerprint density at radius 3 is 1.18 bits per heavy atom. The summed E-state index contributed by atoms with van der Waals surface area (Å²) in [5.41, 5.74) is 0. The Kier molecular flexibility index (Phi) is 39.3. The van der Waals surface area contributed by atoms with Gasteiger partial charge in [-0.3, -0.25) is 4.79 Å². The molecule has 1 aliphatic heterocycles. The van der Waals surface area contributed by atoms with Gasteiger partial charge in [-0.2, -0.15) is 0 Å². The van der Waals surface area contributed by atoms with Crippen molar-refractivity contribution in [2.75, 3.05) is 152 Å². The van der Waals surface area contributed by atoms with E-state index in [0.717, 1.165) is 38.7 Å². The van der Waals surface area contributed by atoms with Gasteiger partial charge in [0.2, 0.25) is 0 Å². The van der Waals surface area contributed by atoms with Gasteiger partial charge in [0.05, 0.1) is 139 Å². The SMILES string of the molecule is CCCCCCCCCC(=O)OCCOCCOCCOCCOCCOCCOCCOCCOCCOCCOCCOC1CCCCO1. The molecule has 0 aromatic carbocycles. The molecule has 1 aliphatic rings. The number of carbonyl (C=O) groups is 1. The molecule has 51 heavy (non-hydrogen) atoms. The van der Waals surface area contributed by atoms with E-state index < -0.39 is 0 Å². The van der Waals surface area contributed by atoms with Crippen LogP contribution in [0, 0.1) is 0 Å². The second-order valence-corrected chi connectivity index (χ2v) is 11.9. The quantitative estimate of drug-likeness (QED) is 0.0647. The van der Waals surface area contributed by atoms with Crippen molar-refractivity contribution >= 4 is 5.97 Å². The maximum atomic E-state index is 11.7. The smallest absolute Gasteiger partial charge is 0.305 e. The van der Waals surface area contributed by atoms with Crippen molar-refractivity contribution < 1.29 is 66.4 Å². The second-order valence-electron chi connectivity index (χ2n) is 11.9. The van der Waals surface area contributed by atoms with Crippen molar-refractivity contribution in [3.05, 3.63) is 0 Å². The fourth-order valence-electron chi connectivity index (χ4n) is 4.68. The van der Waals surface area contributed by atoms with Crippen LogP contribution in [0.3, 0.4) is 0 Å². The highest BCUT2D eigenvalue weighted by Gasteiger charge is 2.13. The molecule has 0 N–H and O–H groups in total. The molecule has 0 amide bonds. The largest absolute Gasteiger partial charge is 0.463 e. The number of rotatable bonds is 42. The van der Waals surface area contributed by atoms with E-state index in [9.17, 15) is 4.79 Å². The lowest BCUT2D eigenvalue weighted by Gasteiger charge is -2.22. The van der Waals surface area contributed by atoms with Crippen LogP contribution in [-0.4, -0.2) is 164 Å². The summed E-state index contributed by atoms with van der Waals surface area (Å²) in [5.74, 6) is -0.140. The van der Waals surface area contributed by atoms with Gasteiger partial charge >= 0.3 is 5.97 Å². The number of hydrogen-bond donors (Lipinski definition) is 0. The van der Waals surface area contributed by atoms with Crippen LogP contribution in [0.25, 0.3) is 0 Å². The Morgan fingerprint density at radius 2 is 0.804 bits per heavy atom. The number of ether oxygens (including phenoxy) is 13. The molecule has 1 rings (SSSR count). The lowest BCUT2D eigenvalue weighted by molar-refractivity contribution is -0.169. The molecule has 304 valence electrons. The average Bonchev–Trinajstić information content (AvgIpc) is 3.15. The third-order valence-corrected chi connectivity index (χ3v) is 7.49. The maximum Gasteiger partial charge on any atom is 0.305 e. The van der Waals surface area contributed by atoms with E-state index in [1.54, 1.807) is 0 Å². The Balaban J connectivity index is 1.62. The lowest BCUT2D eigenvalue weighted by Crippen LogP contribution is -2.24. The van der Waals surface area contributed by atoms with Gasteiger partial charge in [-0.15, -0.1) is 0 Å². The standard InChI is InChI=1S/C37H72O14/c1-2-3-4-5-6-7-8-11-36(38)49-34-32-47-30-28-45-26-24-43-22-20-41-18-16-39-14-15-40-17-19-42-21-23-44-25-27-46-29-31-48-33-35-51-37-12-9-10-13-50-37/h37H,2-35H2,1H3. The number of esters is 1. The molecule has 0 saturated carbocycles. The minimum atomic E-state index is -0.140. The Morgan fingerprint density at radius 1 is 0.451 bits per heavy atom. The van der Waals surface area contributed by atoms with Crippen LogP contribution in [0.1, 0.15) is 77.6 Å². The molecule has 1 fully saturated rings. The zero-order chi connectivity index (χ0) is 36.4. The van der Waals surface area contributed by atoms with E-state index in [1.807, 2.05) is 0 Å². The lowest BCUT2D eigenvalue weighted by atomic mass is 10.1. The first-order valence-corrected chi connectivity index (χ1v) is 19.5. The minimum absolute atomic E-state index is 0.0684. The molecule has 14 nitrogen and oxygen atoms in total. The van der Waals surface area contributed by atoms with Gasteiger partial charge in [0, 0.05) is 13.0 Å². The van der Waals surface area contributed by atoms with Crippen molar-refractivity contribution in [1.82, 2.24) is 0 Å². The van der Waals surface area contributed by atoms with Crippen molar-refractivity contribution in [3.63, 3.8) is 0 Å². The van der Waals surface area contributed by atoms with E-state index in [-0.39, 0.29) is 18.9 Å². The van der Waals surface area contributed by atoms with E-state index in [4.69, 9.17) is 61.6 Å². The molecular formula is C37H72O14. The van der Waals surface area contributed by atoms with Gasteiger partial charge in [-0.1, -0.05) is 45.4 Å². The fourth-order valence-corrected chi connectivity index (χ4v) is 4.68.